The second kappa shape index (κ2) is 6.47. The van der Waals surface area contributed by atoms with Gasteiger partial charge in [-0.1, -0.05) is 103 Å². The fraction of sp³-hybridized carbons (Fsp3) is 0.200. The quantitative estimate of drug-likeness (QED) is 0.300. The van der Waals surface area contributed by atoms with Crippen molar-refractivity contribution in [3.8, 4) is 22.3 Å². The number of benzene rings is 4. The van der Waals surface area contributed by atoms with Gasteiger partial charge in [0.2, 0.25) is 0 Å². The first-order valence-corrected chi connectivity index (χ1v) is 11.6. The van der Waals surface area contributed by atoms with E-state index in [1.54, 1.807) is 0 Å². The summed E-state index contributed by atoms with van der Waals surface area (Å²) in [5.41, 5.74) is 16.7. The molecule has 2 aliphatic carbocycles. The van der Waals surface area contributed by atoms with Gasteiger partial charge in [-0.2, -0.15) is 0 Å². The predicted molar refractivity (Wildman–Crippen MR) is 134 cm³/mol. The summed E-state index contributed by atoms with van der Waals surface area (Å²) in [7, 11) is 1.06. The zero-order valence-corrected chi connectivity index (χ0v) is 18.8. The summed E-state index contributed by atoms with van der Waals surface area (Å²) < 4.78 is 0. The van der Waals surface area contributed by atoms with Crippen LogP contribution < -0.4 is 5.46 Å². The van der Waals surface area contributed by atoms with Crippen molar-refractivity contribution < 1.29 is 0 Å². The highest BCUT2D eigenvalue weighted by Crippen LogP contribution is 2.62. The zero-order valence-electron chi connectivity index (χ0n) is 18.8. The van der Waals surface area contributed by atoms with Gasteiger partial charge in [-0.15, -0.1) is 0 Å². The van der Waals surface area contributed by atoms with Crippen LogP contribution in [0.5, 0.6) is 0 Å². The van der Waals surface area contributed by atoms with Crippen molar-refractivity contribution in [3.63, 3.8) is 0 Å². The van der Waals surface area contributed by atoms with E-state index in [1.807, 2.05) is 0 Å². The van der Waals surface area contributed by atoms with Crippen LogP contribution in [0.4, 0.5) is 0 Å². The SMILES string of the molecule is CBc1ccc2c(c1)C1(c3cc(C)ccc3-2)c2cc(C)ccc2-c2ccc(CC)cc21. The number of hydrogen-bond donors (Lipinski definition) is 0. The van der Waals surface area contributed by atoms with Gasteiger partial charge < -0.3 is 0 Å². The molecule has 2 aliphatic rings. The van der Waals surface area contributed by atoms with E-state index in [-0.39, 0.29) is 5.41 Å². The van der Waals surface area contributed by atoms with E-state index in [4.69, 9.17) is 0 Å². The third-order valence-electron chi connectivity index (χ3n) is 7.53. The van der Waals surface area contributed by atoms with E-state index >= 15 is 0 Å². The minimum atomic E-state index is -0.219. The van der Waals surface area contributed by atoms with Crippen LogP contribution >= 0.6 is 0 Å². The molecule has 0 radical (unpaired) electrons. The lowest BCUT2D eigenvalue weighted by Gasteiger charge is -2.31. The van der Waals surface area contributed by atoms with Crippen molar-refractivity contribution in [3.05, 3.63) is 112 Å². The standard InChI is InChI=1S/C30H27B/c1-5-20-8-12-24-22-10-6-18(2)14-26(22)30(28(24)16-20)27-15-19(3)7-11-23(27)25-13-9-21(31-4)17-29(25)30/h6-17,31H,5H2,1-4H3. The number of rotatable bonds is 2. The molecule has 0 bridgehead atoms. The van der Waals surface area contributed by atoms with Crippen LogP contribution in [0, 0.1) is 13.8 Å². The molecule has 0 amide bonds. The normalized spacial score (nSPS) is 17.3. The summed E-state index contributed by atoms with van der Waals surface area (Å²) >= 11 is 0. The van der Waals surface area contributed by atoms with Crippen LogP contribution in [0.2, 0.25) is 6.82 Å². The molecule has 1 heteroatoms. The first-order chi connectivity index (χ1) is 15.1. The molecule has 0 N–H and O–H groups in total. The molecule has 0 aromatic heterocycles. The third kappa shape index (κ3) is 2.32. The van der Waals surface area contributed by atoms with E-state index in [9.17, 15) is 0 Å². The lowest BCUT2D eigenvalue weighted by atomic mass is 9.67. The van der Waals surface area contributed by atoms with Gasteiger partial charge in [-0.05, 0) is 70.3 Å². The maximum absolute atomic E-state index is 2.49. The molecule has 0 aliphatic heterocycles. The summed E-state index contributed by atoms with van der Waals surface area (Å²) in [6.45, 7) is 8.97. The molecule has 4 aromatic carbocycles. The molecule has 0 heterocycles. The molecule has 150 valence electrons. The summed E-state index contributed by atoms with van der Waals surface area (Å²) in [6.07, 6.45) is 1.06. The molecule has 4 aromatic rings. The van der Waals surface area contributed by atoms with Crippen LogP contribution in [-0.4, -0.2) is 7.28 Å². The molecule has 1 atom stereocenters. The average Bonchev–Trinajstić information content (AvgIpc) is 3.23. The summed E-state index contributed by atoms with van der Waals surface area (Å²) in [5, 5.41) is 0. The maximum Gasteiger partial charge on any atom is 0.154 e. The molecule has 0 saturated carbocycles. The van der Waals surface area contributed by atoms with Gasteiger partial charge in [-0.3, -0.25) is 0 Å². The van der Waals surface area contributed by atoms with E-state index in [1.165, 1.54) is 66.7 Å². The number of aryl methyl sites for hydroxylation is 3. The van der Waals surface area contributed by atoms with Crippen LogP contribution in [0.1, 0.15) is 45.9 Å². The van der Waals surface area contributed by atoms with Gasteiger partial charge in [0.05, 0.1) is 5.41 Å². The van der Waals surface area contributed by atoms with Crippen molar-refractivity contribution in [1.29, 1.82) is 0 Å². The van der Waals surface area contributed by atoms with Gasteiger partial charge in [0, 0.05) is 0 Å². The molecular weight excluding hydrogens is 371 g/mol. The molecule has 1 spiro atoms. The highest BCUT2D eigenvalue weighted by molar-refractivity contribution is 6.52. The van der Waals surface area contributed by atoms with Crippen LogP contribution in [0.3, 0.4) is 0 Å². The molecule has 1 unspecified atom stereocenters. The lowest BCUT2D eigenvalue weighted by Crippen LogP contribution is -2.28. The molecule has 0 saturated heterocycles. The Bertz CT molecular complexity index is 1270. The highest BCUT2D eigenvalue weighted by Gasteiger charge is 2.51. The van der Waals surface area contributed by atoms with Gasteiger partial charge in [0.25, 0.3) is 0 Å². The molecule has 6 rings (SSSR count). The van der Waals surface area contributed by atoms with E-state index in [2.05, 4.69) is 100 Å². The maximum atomic E-state index is 2.49. The Morgan fingerprint density at radius 2 is 1.10 bits per heavy atom. The predicted octanol–water partition coefficient (Wildman–Crippen LogP) is 6.32. The van der Waals surface area contributed by atoms with Crippen molar-refractivity contribution in [2.24, 2.45) is 0 Å². The first-order valence-electron chi connectivity index (χ1n) is 11.6. The van der Waals surface area contributed by atoms with Crippen LogP contribution in [0.15, 0.2) is 72.8 Å². The van der Waals surface area contributed by atoms with Crippen molar-refractivity contribution in [2.45, 2.75) is 39.4 Å². The first kappa shape index (κ1) is 18.7. The second-order valence-corrected chi connectivity index (χ2v) is 9.32. The number of hydrogen-bond acceptors (Lipinski definition) is 0. The van der Waals surface area contributed by atoms with Crippen LogP contribution in [-0.2, 0) is 11.8 Å². The molecule has 0 nitrogen and oxygen atoms in total. The average molecular weight is 398 g/mol. The minimum absolute atomic E-state index is 0.219. The summed E-state index contributed by atoms with van der Waals surface area (Å²) in [6, 6.07) is 28.5. The second-order valence-electron chi connectivity index (χ2n) is 9.32. The Morgan fingerprint density at radius 3 is 1.65 bits per heavy atom. The monoisotopic (exact) mass is 398 g/mol. The fourth-order valence-corrected chi connectivity index (χ4v) is 5.99. The third-order valence-corrected chi connectivity index (χ3v) is 7.53. The Kier molecular flexibility index (Phi) is 3.90. The van der Waals surface area contributed by atoms with E-state index in [0.717, 1.165) is 13.7 Å². The topological polar surface area (TPSA) is 0 Å². The Hall–Kier alpha value is -3.06. The zero-order chi connectivity index (χ0) is 21.3. The Balaban J connectivity index is 1.84. The molecule has 31 heavy (non-hydrogen) atoms. The highest BCUT2D eigenvalue weighted by atomic mass is 14.5. The fourth-order valence-electron chi connectivity index (χ4n) is 5.99. The Labute approximate surface area is 186 Å². The minimum Gasteiger partial charge on any atom is -0.0849 e. The van der Waals surface area contributed by atoms with E-state index in [0.29, 0.717) is 0 Å². The van der Waals surface area contributed by atoms with Crippen molar-refractivity contribution in [2.75, 3.05) is 0 Å². The Morgan fingerprint density at radius 1 is 0.613 bits per heavy atom. The van der Waals surface area contributed by atoms with Crippen LogP contribution in [0.25, 0.3) is 22.3 Å². The van der Waals surface area contributed by atoms with Gasteiger partial charge >= 0.3 is 0 Å². The van der Waals surface area contributed by atoms with Crippen molar-refractivity contribution in [1.82, 2.24) is 0 Å². The van der Waals surface area contributed by atoms with Gasteiger partial charge in [0.15, 0.2) is 7.28 Å². The number of fused-ring (bicyclic) bond motifs is 10. The lowest BCUT2D eigenvalue weighted by molar-refractivity contribution is 0.790. The summed E-state index contributed by atoms with van der Waals surface area (Å²) in [5.74, 6) is 0. The van der Waals surface area contributed by atoms with Gasteiger partial charge in [-0.25, -0.2) is 0 Å². The van der Waals surface area contributed by atoms with E-state index < -0.39 is 0 Å². The summed E-state index contributed by atoms with van der Waals surface area (Å²) in [4.78, 5) is 0. The van der Waals surface area contributed by atoms with Gasteiger partial charge in [0.1, 0.15) is 0 Å². The molecular formula is C30H27B. The largest absolute Gasteiger partial charge is 0.154 e. The molecule has 0 fully saturated rings. The van der Waals surface area contributed by atoms with Crippen molar-refractivity contribution >= 4 is 12.7 Å². The smallest absolute Gasteiger partial charge is 0.0849 e.